The number of esters is 2. The molecule has 0 aliphatic carbocycles. The van der Waals surface area contributed by atoms with Crippen LogP contribution in [0.25, 0.3) is 11.1 Å². The molecule has 0 aromatic heterocycles. The molecule has 36 heavy (non-hydrogen) atoms. The first-order valence-corrected chi connectivity index (χ1v) is 12.7. The van der Waals surface area contributed by atoms with E-state index in [-0.39, 0.29) is 23.8 Å². The number of rotatable bonds is 13. The van der Waals surface area contributed by atoms with Gasteiger partial charge in [0.1, 0.15) is 11.5 Å². The molecule has 2 aliphatic heterocycles. The molecule has 2 heterocycles. The molecule has 2 saturated heterocycles. The maximum Gasteiger partial charge on any atom is 0.333 e. The molecule has 0 N–H and O–H groups in total. The van der Waals surface area contributed by atoms with Crippen LogP contribution in [0.3, 0.4) is 0 Å². The molecule has 2 unspecified atom stereocenters. The van der Waals surface area contributed by atoms with Crippen LogP contribution in [0.15, 0.2) is 72.8 Å². The largest absolute Gasteiger partial charge is 0.494 e. The van der Waals surface area contributed by atoms with Gasteiger partial charge in [-0.15, -0.1) is 0 Å². The zero-order valence-corrected chi connectivity index (χ0v) is 20.7. The van der Waals surface area contributed by atoms with Gasteiger partial charge in [0.05, 0.1) is 26.4 Å². The van der Waals surface area contributed by atoms with E-state index in [9.17, 15) is 9.59 Å². The summed E-state index contributed by atoms with van der Waals surface area (Å²) in [5.41, 5.74) is 3.44. The van der Waals surface area contributed by atoms with Crippen molar-refractivity contribution in [2.45, 2.75) is 38.5 Å². The number of carbonyl (C=O) groups excluding carboxylic acids is 2. The molecule has 0 spiro atoms. The van der Waals surface area contributed by atoms with E-state index in [4.69, 9.17) is 18.9 Å². The zero-order valence-electron chi connectivity index (χ0n) is 20.7. The van der Waals surface area contributed by atoms with E-state index >= 15 is 0 Å². The average Bonchev–Trinajstić information content (AvgIpc) is 3.39. The van der Waals surface area contributed by atoms with E-state index in [1.807, 2.05) is 24.3 Å². The molecule has 2 fully saturated rings. The predicted molar refractivity (Wildman–Crippen MR) is 138 cm³/mol. The summed E-state index contributed by atoms with van der Waals surface area (Å²) in [6, 6.07) is 16.2. The minimum absolute atomic E-state index is 0.152. The maximum absolute atomic E-state index is 11.4. The van der Waals surface area contributed by atoms with Crippen LogP contribution in [-0.2, 0) is 19.1 Å². The number of hydrogen-bond acceptors (Lipinski definition) is 6. The number of hydrogen-bond donors (Lipinski definition) is 0. The maximum atomic E-state index is 11.4. The van der Waals surface area contributed by atoms with Gasteiger partial charge >= 0.3 is 11.9 Å². The summed E-state index contributed by atoms with van der Waals surface area (Å²) >= 11 is 0. The number of carbonyl (C=O) groups is 2. The van der Waals surface area contributed by atoms with Crippen LogP contribution in [0.5, 0.6) is 11.5 Å². The highest BCUT2D eigenvalue weighted by atomic mass is 16.5. The Hall–Kier alpha value is -3.54. The van der Waals surface area contributed by atoms with Crippen LogP contribution in [0.1, 0.15) is 38.5 Å². The average molecular weight is 491 g/mol. The van der Waals surface area contributed by atoms with Crippen LogP contribution in [-0.4, -0.2) is 38.4 Å². The van der Waals surface area contributed by atoms with E-state index in [1.54, 1.807) is 0 Å². The number of benzene rings is 2. The smallest absolute Gasteiger partial charge is 0.333 e. The lowest BCUT2D eigenvalue weighted by Gasteiger charge is -2.10. The quantitative estimate of drug-likeness (QED) is 0.197. The van der Waals surface area contributed by atoms with Crippen molar-refractivity contribution < 1.29 is 28.5 Å². The second kappa shape index (κ2) is 12.4. The lowest BCUT2D eigenvalue weighted by Crippen LogP contribution is -2.04. The summed E-state index contributed by atoms with van der Waals surface area (Å²) < 4.78 is 21.8. The number of cyclic esters (lactones) is 2. The van der Waals surface area contributed by atoms with Gasteiger partial charge < -0.3 is 18.9 Å². The van der Waals surface area contributed by atoms with Gasteiger partial charge in [-0.1, -0.05) is 37.4 Å². The SMILES string of the molecule is C=C1C(=O)OCC1CCCCOc1ccc(-c2ccc(OCCCCC3COC(=O)C3=C)cc2)cc1. The molecular weight excluding hydrogens is 456 g/mol. The molecule has 4 rings (SSSR count). The van der Waals surface area contributed by atoms with Crippen molar-refractivity contribution in [3.63, 3.8) is 0 Å². The Morgan fingerprint density at radius 1 is 0.639 bits per heavy atom. The first-order chi connectivity index (χ1) is 17.5. The fourth-order valence-electron chi connectivity index (χ4n) is 4.44. The lowest BCUT2D eigenvalue weighted by atomic mass is 9.97. The minimum atomic E-state index is -0.257. The highest BCUT2D eigenvalue weighted by Gasteiger charge is 2.28. The van der Waals surface area contributed by atoms with Gasteiger partial charge in [0.15, 0.2) is 0 Å². The molecular formula is C30H34O6. The molecule has 6 nitrogen and oxygen atoms in total. The van der Waals surface area contributed by atoms with Crippen molar-refractivity contribution >= 4 is 11.9 Å². The summed E-state index contributed by atoms with van der Waals surface area (Å²) in [4.78, 5) is 22.7. The zero-order chi connectivity index (χ0) is 25.3. The molecule has 2 aromatic carbocycles. The van der Waals surface area contributed by atoms with Crippen LogP contribution in [0.4, 0.5) is 0 Å². The number of unbranched alkanes of at least 4 members (excludes halogenated alkanes) is 2. The molecule has 6 heteroatoms. The molecule has 0 bridgehead atoms. The normalized spacial score (nSPS) is 19.3. The molecule has 0 amide bonds. The lowest BCUT2D eigenvalue weighted by molar-refractivity contribution is -0.136. The third-order valence-electron chi connectivity index (χ3n) is 6.81. The van der Waals surface area contributed by atoms with Gasteiger partial charge in [0.25, 0.3) is 0 Å². The van der Waals surface area contributed by atoms with E-state index < -0.39 is 0 Å². The summed E-state index contributed by atoms with van der Waals surface area (Å²) in [6.07, 6.45) is 5.59. The van der Waals surface area contributed by atoms with Gasteiger partial charge in [-0.25, -0.2) is 9.59 Å². The fraction of sp³-hybridized carbons (Fsp3) is 0.400. The molecule has 190 valence electrons. The highest BCUT2D eigenvalue weighted by molar-refractivity contribution is 5.90. The Balaban J connectivity index is 1.12. The Morgan fingerprint density at radius 2 is 1.03 bits per heavy atom. The third-order valence-corrected chi connectivity index (χ3v) is 6.81. The Kier molecular flexibility index (Phi) is 8.82. The topological polar surface area (TPSA) is 71.1 Å². The van der Waals surface area contributed by atoms with Gasteiger partial charge in [-0.3, -0.25) is 0 Å². The molecule has 2 atom stereocenters. The van der Waals surface area contributed by atoms with Crippen LogP contribution < -0.4 is 9.47 Å². The van der Waals surface area contributed by atoms with Crippen molar-refractivity contribution in [3.8, 4) is 22.6 Å². The summed E-state index contributed by atoms with van der Waals surface area (Å²) in [5.74, 6) is 1.48. The predicted octanol–water partition coefficient (Wildman–Crippen LogP) is 5.91. The van der Waals surface area contributed by atoms with Crippen LogP contribution in [0.2, 0.25) is 0 Å². The molecule has 2 aliphatic rings. The first kappa shape index (κ1) is 25.5. The van der Waals surface area contributed by atoms with E-state index in [0.29, 0.717) is 37.6 Å². The first-order valence-electron chi connectivity index (χ1n) is 12.7. The monoisotopic (exact) mass is 490 g/mol. The molecule has 0 saturated carbocycles. The second-order valence-electron chi connectivity index (χ2n) is 9.38. The van der Waals surface area contributed by atoms with Crippen molar-refractivity contribution in [1.29, 1.82) is 0 Å². The van der Waals surface area contributed by atoms with E-state index in [2.05, 4.69) is 37.4 Å². The van der Waals surface area contributed by atoms with Gasteiger partial charge in [-0.2, -0.15) is 0 Å². The Morgan fingerprint density at radius 3 is 1.36 bits per heavy atom. The molecule has 2 aromatic rings. The Bertz CT molecular complexity index is 982. The van der Waals surface area contributed by atoms with E-state index in [1.165, 1.54) is 0 Å². The fourth-order valence-corrected chi connectivity index (χ4v) is 4.44. The van der Waals surface area contributed by atoms with Crippen molar-refractivity contribution in [1.82, 2.24) is 0 Å². The second-order valence-corrected chi connectivity index (χ2v) is 9.38. The van der Waals surface area contributed by atoms with Crippen molar-refractivity contribution in [3.05, 3.63) is 72.8 Å². The van der Waals surface area contributed by atoms with Crippen LogP contribution >= 0.6 is 0 Å². The van der Waals surface area contributed by atoms with Gasteiger partial charge in [-0.05, 0) is 73.9 Å². The minimum Gasteiger partial charge on any atom is -0.494 e. The van der Waals surface area contributed by atoms with Crippen molar-refractivity contribution in [2.75, 3.05) is 26.4 Å². The van der Waals surface area contributed by atoms with Gasteiger partial charge in [0.2, 0.25) is 0 Å². The molecule has 0 radical (unpaired) electrons. The summed E-state index contributed by atoms with van der Waals surface area (Å²) in [5, 5.41) is 0. The highest BCUT2D eigenvalue weighted by Crippen LogP contribution is 2.27. The summed E-state index contributed by atoms with van der Waals surface area (Å²) in [7, 11) is 0. The van der Waals surface area contributed by atoms with Crippen LogP contribution in [0, 0.1) is 11.8 Å². The standard InChI is InChI=1S/C30H34O6/c1-21-25(19-35-29(21)31)7-3-5-17-33-27-13-9-23(10-14-27)24-11-15-28(16-12-24)34-18-6-4-8-26-20-36-30(32)22(26)2/h9-16,25-26H,1-8,17-20H2. The summed E-state index contributed by atoms with van der Waals surface area (Å²) in [6.45, 7) is 9.82. The Labute approximate surface area is 212 Å². The van der Waals surface area contributed by atoms with Crippen molar-refractivity contribution in [2.24, 2.45) is 11.8 Å². The van der Waals surface area contributed by atoms with E-state index in [0.717, 1.165) is 61.2 Å². The number of ether oxygens (including phenoxy) is 4. The third kappa shape index (κ3) is 6.78. The van der Waals surface area contributed by atoms with Gasteiger partial charge in [0, 0.05) is 23.0 Å².